The monoisotopic (exact) mass is 367 g/mol. The smallest absolute Gasteiger partial charge is 0.262 e. The molecule has 1 aromatic carbocycles. The van der Waals surface area contributed by atoms with E-state index >= 15 is 0 Å². The van der Waals surface area contributed by atoms with Crippen LogP contribution in [0.2, 0.25) is 0 Å². The van der Waals surface area contributed by atoms with Crippen LogP contribution in [0.15, 0.2) is 35.4 Å². The van der Waals surface area contributed by atoms with Crippen LogP contribution >= 0.6 is 11.3 Å². The Kier molecular flexibility index (Phi) is 4.59. The molecule has 0 saturated carbocycles. The van der Waals surface area contributed by atoms with E-state index in [0.717, 1.165) is 48.2 Å². The molecule has 0 aliphatic heterocycles. The molecule has 2 heterocycles. The van der Waals surface area contributed by atoms with Gasteiger partial charge in [0, 0.05) is 10.6 Å². The van der Waals surface area contributed by atoms with Crippen LogP contribution < -0.4 is 10.9 Å². The zero-order chi connectivity index (χ0) is 18.1. The zero-order valence-electron chi connectivity index (χ0n) is 14.7. The number of carbonyl (C=O) groups is 1. The molecule has 5 nitrogen and oxygen atoms in total. The van der Waals surface area contributed by atoms with Gasteiger partial charge in [-0.3, -0.25) is 14.2 Å². The number of hydrogen-bond acceptors (Lipinski definition) is 4. The Morgan fingerprint density at radius 1 is 1.27 bits per heavy atom. The first-order chi connectivity index (χ1) is 12.7. The zero-order valence-corrected chi connectivity index (χ0v) is 15.6. The van der Waals surface area contributed by atoms with Gasteiger partial charge in [0.1, 0.15) is 11.4 Å². The summed E-state index contributed by atoms with van der Waals surface area (Å²) in [4.78, 5) is 31.6. The Bertz CT molecular complexity index is 1020. The lowest BCUT2D eigenvalue weighted by Crippen LogP contribution is -2.28. The normalized spacial score (nSPS) is 13.1. The molecule has 0 saturated heterocycles. The van der Waals surface area contributed by atoms with Gasteiger partial charge in [-0.25, -0.2) is 4.98 Å². The lowest BCUT2D eigenvalue weighted by atomic mass is 10.1. The summed E-state index contributed by atoms with van der Waals surface area (Å²) in [5.41, 5.74) is 3.03. The second-order valence-corrected chi connectivity index (χ2v) is 7.79. The van der Waals surface area contributed by atoms with Crippen molar-refractivity contribution in [2.24, 2.45) is 0 Å². The lowest BCUT2D eigenvalue weighted by molar-refractivity contribution is -0.116. The lowest BCUT2D eigenvalue weighted by Gasteiger charge is -2.08. The van der Waals surface area contributed by atoms with E-state index in [9.17, 15) is 9.59 Å². The minimum absolute atomic E-state index is 0.0247. The van der Waals surface area contributed by atoms with Gasteiger partial charge in [-0.2, -0.15) is 0 Å². The fourth-order valence-electron chi connectivity index (χ4n) is 3.53. The second kappa shape index (κ2) is 7.03. The average Bonchev–Trinajstić information content (AvgIpc) is 3.20. The molecule has 0 radical (unpaired) electrons. The molecule has 0 bridgehead atoms. The van der Waals surface area contributed by atoms with Crippen molar-refractivity contribution in [3.63, 3.8) is 0 Å². The van der Waals surface area contributed by atoms with Gasteiger partial charge < -0.3 is 5.32 Å². The number of hydrogen-bond donors (Lipinski definition) is 1. The Balaban J connectivity index is 1.52. The summed E-state index contributed by atoms with van der Waals surface area (Å²) in [6.45, 7) is 2.12. The van der Waals surface area contributed by atoms with Crippen LogP contribution in [0.5, 0.6) is 0 Å². The number of thiophene rings is 1. The number of anilines is 1. The van der Waals surface area contributed by atoms with Crippen molar-refractivity contribution >= 4 is 33.1 Å². The Morgan fingerprint density at radius 3 is 2.85 bits per heavy atom. The molecule has 2 aromatic heterocycles. The van der Waals surface area contributed by atoms with Crippen LogP contribution in [0.4, 0.5) is 5.69 Å². The number of aromatic nitrogens is 2. The number of benzene rings is 1. The molecule has 1 amide bonds. The van der Waals surface area contributed by atoms with E-state index in [2.05, 4.69) is 17.2 Å². The molecule has 1 N–H and O–H groups in total. The van der Waals surface area contributed by atoms with E-state index in [0.29, 0.717) is 5.39 Å². The van der Waals surface area contributed by atoms with Crippen LogP contribution in [0.3, 0.4) is 0 Å². The van der Waals surface area contributed by atoms with Crippen molar-refractivity contribution in [3.05, 3.63) is 57.0 Å². The predicted octanol–water partition coefficient (Wildman–Crippen LogP) is 3.54. The summed E-state index contributed by atoms with van der Waals surface area (Å²) in [6.07, 6.45) is 6.67. The molecule has 1 aliphatic rings. The van der Waals surface area contributed by atoms with Crippen molar-refractivity contribution in [3.8, 4) is 0 Å². The van der Waals surface area contributed by atoms with Crippen LogP contribution in [0.25, 0.3) is 10.2 Å². The Labute approximate surface area is 155 Å². The van der Waals surface area contributed by atoms with Gasteiger partial charge in [-0.05, 0) is 48.9 Å². The summed E-state index contributed by atoms with van der Waals surface area (Å²) in [7, 11) is 0. The van der Waals surface area contributed by atoms with Crippen LogP contribution in [0, 0.1) is 0 Å². The minimum Gasteiger partial charge on any atom is -0.325 e. The maximum absolute atomic E-state index is 12.8. The molecule has 0 fully saturated rings. The van der Waals surface area contributed by atoms with E-state index in [1.54, 1.807) is 11.3 Å². The van der Waals surface area contributed by atoms with Gasteiger partial charge in [-0.15, -0.1) is 11.3 Å². The number of aryl methyl sites for hydroxylation is 3. The third-order valence-electron chi connectivity index (χ3n) is 4.78. The highest BCUT2D eigenvalue weighted by atomic mass is 32.1. The molecule has 26 heavy (non-hydrogen) atoms. The fourth-order valence-corrected chi connectivity index (χ4v) is 4.75. The summed E-state index contributed by atoms with van der Waals surface area (Å²) >= 11 is 1.61. The average molecular weight is 367 g/mol. The fraction of sp³-hybridized carbons (Fsp3) is 0.350. The highest BCUT2D eigenvalue weighted by Crippen LogP contribution is 2.34. The first-order valence-electron chi connectivity index (χ1n) is 9.04. The van der Waals surface area contributed by atoms with Crippen LogP contribution in [-0.2, 0) is 30.6 Å². The minimum atomic E-state index is -0.219. The van der Waals surface area contributed by atoms with Crippen molar-refractivity contribution in [1.82, 2.24) is 9.55 Å². The molecule has 1 aliphatic carbocycles. The van der Waals surface area contributed by atoms with E-state index in [1.165, 1.54) is 21.3 Å². The highest BCUT2D eigenvalue weighted by molar-refractivity contribution is 7.18. The number of amides is 1. The van der Waals surface area contributed by atoms with Gasteiger partial charge in [-0.1, -0.05) is 25.5 Å². The number of carbonyl (C=O) groups excluding carboxylic acids is 1. The number of fused-ring (bicyclic) bond motifs is 3. The van der Waals surface area contributed by atoms with Crippen molar-refractivity contribution in [2.75, 3.05) is 5.32 Å². The molecule has 4 rings (SSSR count). The third kappa shape index (κ3) is 3.17. The highest BCUT2D eigenvalue weighted by Gasteiger charge is 2.21. The quantitative estimate of drug-likeness (QED) is 0.750. The number of rotatable bonds is 5. The summed E-state index contributed by atoms with van der Waals surface area (Å²) in [5, 5.41) is 3.57. The molecule has 134 valence electrons. The standard InChI is InChI=1S/C20H21N3O2S/c1-2-4-13-7-9-14(10-8-13)22-17(24)11-23-12-21-19-18(20(23)25)15-5-3-6-16(15)26-19/h7-10,12H,2-6,11H2,1H3,(H,22,24). The van der Waals surface area contributed by atoms with Gasteiger partial charge in [0.15, 0.2) is 0 Å². The van der Waals surface area contributed by atoms with E-state index in [1.807, 2.05) is 24.3 Å². The summed E-state index contributed by atoms with van der Waals surface area (Å²) in [6, 6.07) is 7.85. The SMILES string of the molecule is CCCc1ccc(NC(=O)Cn2cnc3sc4c(c3c2=O)CCC4)cc1. The molecule has 0 atom stereocenters. The van der Waals surface area contributed by atoms with E-state index in [4.69, 9.17) is 0 Å². The molecule has 6 heteroatoms. The molecular formula is C20H21N3O2S. The summed E-state index contributed by atoms with van der Waals surface area (Å²) < 4.78 is 1.41. The predicted molar refractivity (Wildman–Crippen MR) is 105 cm³/mol. The van der Waals surface area contributed by atoms with Crippen LogP contribution in [0.1, 0.15) is 35.8 Å². The molecule has 3 aromatic rings. The molecule has 0 spiro atoms. The first-order valence-corrected chi connectivity index (χ1v) is 9.86. The van der Waals surface area contributed by atoms with E-state index < -0.39 is 0 Å². The van der Waals surface area contributed by atoms with Crippen molar-refractivity contribution in [1.29, 1.82) is 0 Å². The van der Waals surface area contributed by atoms with Crippen LogP contribution in [-0.4, -0.2) is 15.5 Å². The maximum Gasteiger partial charge on any atom is 0.262 e. The molecular weight excluding hydrogens is 346 g/mol. The Hall–Kier alpha value is -2.47. The van der Waals surface area contributed by atoms with Crippen molar-refractivity contribution < 1.29 is 4.79 Å². The number of nitrogens with one attached hydrogen (secondary N) is 1. The van der Waals surface area contributed by atoms with Crippen molar-refractivity contribution in [2.45, 2.75) is 45.6 Å². The second-order valence-electron chi connectivity index (χ2n) is 6.71. The van der Waals surface area contributed by atoms with Gasteiger partial charge in [0.05, 0.1) is 11.7 Å². The number of nitrogens with zero attached hydrogens (tertiary/aromatic N) is 2. The molecule has 0 unspecified atom stereocenters. The maximum atomic E-state index is 12.8. The van der Waals surface area contributed by atoms with Gasteiger partial charge in [0.2, 0.25) is 5.91 Å². The third-order valence-corrected chi connectivity index (χ3v) is 5.98. The van der Waals surface area contributed by atoms with Gasteiger partial charge in [0.25, 0.3) is 5.56 Å². The van der Waals surface area contributed by atoms with E-state index in [-0.39, 0.29) is 18.0 Å². The first kappa shape index (κ1) is 17.0. The van der Waals surface area contributed by atoms with Gasteiger partial charge >= 0.3 is 0 Å². The Morgan fingerprint density at radius 2 is 2.08 bits per heavy atom. The largest absolute Gasteiger partial charge is 0.325 e. The summed E-state index contributed by atoms with van der Waals surface area (Å²) in [5.74, 6) is -0.219. The topological polar surface area (TPSA) is 64.0 Å².